The van der Waals surface area contributed by atoms with Crippen LogP contribution >= 0.6 is 12.4 Å². The van der Waals surface area contributed by atoms with E-state index in [1.807, 2.05) is 0 Å². The Hall–Kier alpha value is -2.11. The molecule has 0 bridgehead atoms. The average Bonchev–Trinajstić information content (AvgIpc) is 3.10. The fourth-order valence-electron chi connectivity index (χ4n) is 2.53. The summed E-state index contributed by atoms with van der Waals surface area (Å²) in [6.45, 7) is 1.79. The standard InChI is InChI=1S/C18H19FN2O2.ClH/c19-17-4-2-1-3-14(17)12-23-16-7-5-15(6-8-16)21-18(22)13-9-10-20-11-13;/h1-8,13,20H,9-12H2,(H,21,22);1H. The van der Waals surface area contributed by atoms with Gasteiger partial charge in [-0.3, -0.25) is 4.79 Å². The van der Waals surface area contributed by atoms with Crippen molar-refractivity contribution in [3.05, 3.63) is 59.9 Å². The number of carbonyl (C=O) groups excluding carboxylic acids is 1. The van der Waals surface area contributed by atoms with Gasteiger partial charge in [0, 0.05) is 17.8 Å². The molecule has 1 unspecified atom stereocenters. The Labute approximate surface area is 146 Å². The van der Waals surface area contributed by atoms with Crippen LogP contribution in [-0.4, -0.2) is 19.0 Å². The van der Waals surface area contributed by atoms with Crippen LogP contribution in [0.3, 0.4) is 0 Å². The largest absolute Gasteiger partial charge is 0.489 e. The first-order valence-electron chi connectivity index (χ1n) is 7.70. The van der Waals surface area contributed by atoms with Crippen molar-refractivity contribution in [2.24, 2.45) is 5.92 Å². The molecular formula is C18H20ClFN2O2. The topological polar surface area (TPSA) is 50.4 Å². The fourth-order valence-corrected chi connectivity index (χ4v) is 2.53. The molecule has 1 aliphatic heterocycles. The molecule has 128 valence electrons. The Bertz CT molecular complexity index is 673. The van der Waals surface area contributed by atoms with E-state index in [-0.39, 0.29) is 36.7 Å². The molecule has 2 aromatic rings. The van der Waals surface area contributed by atoms with E-state index in [0.717, 1.165) is 25.2 Å². The van der Waals surface area contributed by atoms with Gasteiger partial charge >= 0.3 is 0 Å². The Balaban J connectivity index is 0.00000208. The number of hydrogen-bond acceptors (Lipinski definition) is 3. The monoisotopic (exact) mass is 350 g/mol. The summed E-state index contributed by atoms with van der Waals surface area (Å²) in [4.78, 5) is 12.0. The number of rotatable bonds is 5. The number of ether oxygens (including phenoxy) is 1. The third kappa shape index (κ3) is 4.69. The number of benzene rings is 2. The van der Waals surface area contributed by atoms with Crippen LogP contribution in [0.1, 0.15) is 12.0 Å². The molecule has 0 saturated carbocycles. The predicted octanol–water partition coefficient (Wildman–Crippen LogP) is 3.37. The van der Waals surface area contributed by atoms with Gasteiger partial charge in [-0.05, 0) is 43.3 Å². The van der Waals surface area contributed by atoms with Crippen molar-refractivity contribution < 1.29 is 13.9 Å². The van der Waals surface area contributed by atoms with E-state index in [0.29, 0.717) is 11.3 Å². The molecule has 3 rings (SSSR count). The molecule has 0 aliphatic carbocycles. The Morgan fingerprint density at radius 3 is 2.62 bits per heavy atom. The highest BCUT2D eigenvalue weighted by Crippen LogP contribution is 2.19. The number of halogens is 2. The van der Waals surface area contributed by atoms with Crippen molar-refractivity contribution in [3.63, 3.8) is 0 Å². The molecule has 1 amide bonds. The molecule has 0 spiro atoms. The molecule has 1 aliphatic rings. The van der Waals surface area contributed by atoms with E-state index in [9.17, 15) is 9.18 Å². The first-order chi connectivity index (χ1) is 11.2. The van der Waals surface area contributed by atoms with E-state index in [4.69, 9.17) is 4.74 Å². The molecule has 6 heteroatoms. The minimum atomic E-state index is -0.276. The summed E-state index contributed by atoms with van der Waals surface area (Å²) < 4.78 is 19.1. The second-order valence-electron chi connectivity index (χ2n) is 5.58. The van der Waals surface area contributed by atoms with E-state index < -0.39 is 0 Å². The van der Waals surface area contributed by atoms with Crippen molar-refractivity contribution in [3.8, 4) is 5.75 Å². The average molecular weight is 351 g/mol. The van der Waals surface area contributed by atoms with Crippen molar-refractivity contribution in [1.82, 2.24) is 5.32 Å². The lowest BCUT2D eigenvalue weighted by atomic mass is 10.1. The molecule has 2 aromatic carbocycles. The van der Waals surface area contributed by atoms with Crippen LogP contribution in [0.2, 0.25) is 0 Å². The van der Waals surface area contributed by atoms with Gasteiger partial charge in [-0.1, -0.05) is 18.2 Å². The Morgan fingerprint density at radius 1 is 1.21 bits per heavy atom. The minimum absolute atomic E-state index is 0. The van der Waals surface area contributed by atoms with Gasteiger partial charge in [-0.25, -0.2) is 4.39 Å². The molecule has 0 aromatic heterocycles. The minimum Gasteiger partial charge on any atom is -0.489 e. The van der Waals surface area contributed by atoms with Gasteiger partial charge in [-0.2, -0.15) is 0 Å². The molecule has 2 N–H and O–H groups in total. The molecule has 4 nitrogen and oxygen atoms in total. The molecule has 24 heavy (non-hydrogen) atoms. The summed E-state index contributed by atoms with van der Waals surface area (Å²) in [6, 6.07) is 13.6. The van der Waals surface area contributed by atoms with Gasteiger partial charge in [0.2, 0.25) is 5.91 Å². The number of nitrogens with one attached hydrogen (secondary N) is 2. The molecule has 1 saturated heterocycles. The summed E-state index contributed by atoms with van der Waals surface area (Å²) in [5, 5.41) is 6.07. The predicted molar refractivity (Wildman–Crippen MR) is 94.0 cm³/mol. The summed E-state index contributed by atoms with van der Waals surface area (Å²) in [5.74, 6) is 0.428. The maximum atomic E-state index is 13.5. The van der Waals surface area contributed by atoms with Crippen LogP contribution in [0.4, 0.5) is 10.1 Å². The number of carbonyl (C=O) groups is 1. The van der Waals surface area contributed by atoms with Crippen molar-refractivity contribution in [2.45, 2.75) is 13.0 Å². The zero-order chi connectivity index (χ0) is 16.1. The van der Waals surface area contributed by atoms with Crippen molar-refractivity contribution in [2.75, 3.05) is 18.4 Å². The quantitative estimate of drug-likeness (QED) is 0.869. The van der Waals surface area contributed by atoms with E-state index in [1.54, 1.807) is 42.5 Å². The summed E-state index contributed by atoms with van der Waals surface area (Å²) in [7, 11) is 0. The molecule has 1 atom stereocenters. The third-order valence-electron chi connectivity index (χ3n) is 3.91. The van der Waals surface area contributed by atoms with Crippen molar-refractivity contribution >= 4 is 24.0 Å². The number of anilines is 1. The highest BCUT2D eigenvalue weighted by atomic mass is 35.5. The van der Waals surface area contributed by atoms with Crippen LogP contribution in [-0.2, 0) is 11.4 Å². The number of hydrogen-bond donors (Lipinski definition) is 2. The van der Waals surface area contributed by atoms with Crippen LogP contribution in [0, 0.1) is 11.7 Å². The SMILES string of the molecule is Cl.O=C(Nc1ccc(OCc2ccccc2F)cc1)C1CCNC1. The zero-order valence-corrected chi connectivity index (χ0v) is 13.9. The second-order valence-corrected chi connectivity index (χ2v) is 5.58. The van der Waals surface area contributed by atoms with Gasteiger partial charge in [0.15, 0.2) is 0 Å². The summed E-state index contributed by atoms with van der Waals surface area (Å²) in [5.41, 5.74) is 1.25. The highest BCUT2D eigenvalue weighted by molar-refractivity contribution is 5.92. The van der Waals surface area contributed by atoms with Gasteiger partial charge in [0.1, 0.15) is 18.2 Å². The summed E-state index contributed by atoms with van der Waals surface area (Å²) in [6.07, 6.45) is 0.871. The van der Waals surface area contributed by atoms with Gasteiger partial charge in [0.25, 0.3) is 0 Å². The van der Waals surface area contributed by atoms with Crippen molar-refractivity contribution in [1.29, 1.82) is 0 Å². The molecule has 1 heterocycles. The fraction of sp³-hybridized carbons (Fsp3) is 0.278. The summed E-state index contributed by atoms with van der Waals surface area (Å²) >= 11 is 0. The first-order valence-corrected chi connectivity index (χ1v) is 7.70. The lowest BCUT2D eigenvalue weighted by molar-refractivity contribution is -0.119. The van der Waals surface area contributed by atoms with Crippen LogP contribution in [0.25, 0.3) is 0 Å². The normalized spacial score (nSPS) is 16.3. The van der Waals surface area contributed by atoms with E-state index in [2.05, 4.69) is 10.6 Å². The molecular weight excluding hydrogens is 331 g/mol. The van der Waals surface area contributed by atoms with E-state index >= 15 is 0 Å². The highest BCUT2D eigenvalue weighted by Gasteiger charge is 2.22. The molecule has 1 fully saturated rings. The van der Waals surface area contributed by atoms with E-state index in [1.165, 1.54) is 6.07 Å². The maximum Gasteiger partial charge on any atom is 0.228 e. The lowest BCUT2D eigenvalue weighted by Crippen LogP contribution is -2.24. The second kappa shape index (κ2) is 8.66. The van der Waals surface area contributed by atoms with Gasteiger partial charge < -0.3 is 15.4 Å². The van der Waals surface area contributed by atoms with Crippen LogP contribution in [0.5, 0.6) is 5.75 Å². The van der Waals surface area contributed by atoms with Crippen LogP contribution in [0.15, 0.2) is 48.5 Å². The Kier molecular flexibility index (Phi) is 6.58. The van der Waals surface area contributed by atoms with Gasteiger partial charge in [0.05, 0.1) is 5.92 Å². The van der Waals surface area contributed by atoms with Gasteiger partial charge in [-0.15, -0.1) is 12.4 Å². The van der Waals surface area contributed by atoms with Crippen LogP contribution < -0.4 is 15.4 Å². The number of amides is 1. The molecule has 0 radical (unpaired) electrons. The Morgan fingerprint density at radius 2 is 1.96 bits per heavy atom. The first kappa shape index (κ1) is 18.2. The lowest BCUT2D eigenvalue weighted by Gasteiger charge is -2.11. The smallest absolute Gasteiger partial charge is 0.228 e. The zero-order valence-electron chi connectivity index (χ0n) is 13.1. The maximum absolute atomic E-state index is 13.5. The third-order valence-corrected chi connectivity index (χ3v) is 3.91.